The minimum absolute atomic E-state index is 0.286. The predicted octanol–water partition coefficient (Wildman–Crippen LogP) is 5.11. The minimum Gasteiger partial charge on any atom is -0.493 e. The van der Waals surface area contributed by atoms with Crippen molar-refractivity contribution < 1.29 is 19.1 Å². The molecule has 0 unspecified atom stereocenters. The molecule has 1 fully saturated rings. The summed E-state index contributed by atoms with van der Waals surface area (Å²) in [5.74, 6) is 1.19. The van der Waals surface area contributed by atoms with Crippen LogP contribution in [-0.4, -0.2) is 43.2 Å². The van der Waals surface area contributed by atoms with E-state index in [0.29, 0.717) is 29.5 Å². The average Bonchev–Trinajstić information content (AvgIpc) is 3.78. The van der Waals surface area contributed by atoms with Gasteiger partial charge in [-0.25, -0.2) is 9.78 Å². The molecule has 1 atom stereocenters. The summed E-state index contributed by atoms with van der Waals surface area (Å²) < 4.78 is 10.9. The van der Waals surface area contributed by atoms with E-state index in [0.717, 1.165) is 60.6 Å². The second kappa shape index (κ2) is 11.9. The third-order valence-electron chi connectivity index (χ3n) is 7.02. The first kappa shape index (κ1) is 26.0. The number of anilines is 1. The van der Waals surface area contributed by atoms with E-state index < -0.39 is 12.0 Å². The number of nitrogens with one attached hydrogen (secondary N) is 2. The summed E-state index contributed by atoms with van der Waals surface area (Å²) in [6.45, 7) is 1.47. The highest BCUT2D eigenvalue weighted by Gasteiger charge is 2.31. The van der Waals surface area contributed by atoms with Gasteiger partial charge in [0.1, 0.15) is 17.6 Å². The summed E-state index contributed by atoms with van der Waals surface area (Å²) in [6, 6.07) is 16.4. The SMILES string of the molecule is COC(=O)[C@H](Cc1ccc(OCCc2ccc3c(n2)NCCC3)cc1)NC(=O)c1c(Cl)cccc1C1CC1. The molecule has 7 nitrogen and oxygen atoms in total. The maximum Gasteiger partial charge on any atom is 0.328 e. The molecule has 1 aromatic heterocycles. The molecule has 2 heterocycles. The number of nitrogens with zero attached hydrogens (tertiary/aromatic N) is 1. The van der Waals surface area contributed by atoms with E-state index in [-0.39, 0.29) is 12.3 Å². The normalized spacial score (nSPS) is 15.1. The van der Waals surface area contributed by atoms with Gasteiger partial charge in [-0.1, -0.05) is 41.9 Å². The fourth-order valence-electron chi connectivity index (χ4n) is 4.82. The summed E-state index contributed by atoms with van der Waals surface area (Å²) in [5, 5.41) is 6.59. The van der Waals surface area contributed by atoms with E-state index in [1.807, 2.05) is 36.4 Å². The fraction of sp³-hybridized carbons (Fsp3) is 0.367. The van der Waals surface area contributed by atoms with Crippen LogP contribution >= 0.6 is 11.6 Å². The molecule has 1 aliphatic heterocycles. The molecule has 2 aromatic carbocycles. The Morgan fingerprint density at radius 3 is 2.71 bits per heavy atom. The Hall–Kier alpha value is -3.58. The number of ether oxygens (including phenoxy) is 2. The van der Waals surface area contributed by atoms with Crippen molar-refractivity contribution in [1.82, 2.24) is 10.3 Å². The van der Waals surface area contributed by atoms with Gasteiger partial charge >= 0.3 is 5.97 Å². The number of aryl methyl sites for hydroxylation is 1. The standard InChI is InChI=1S/C30H32ClN3O4/c1-37-30(36)26(34-29(35)27-24(20-9-10-20)5-2-6-25(27)31)18-19-7-13-23(14-8-19)38-17-15-22-12-11-21-4-3-16-32-28(21)33-22/h2,5-8,11-14,20,26H,3-4,9-10,15-18H2,1H3,(H,32,33)(H,34,35)/t26-/m0/s1. The molecule has 0 bridgehead atoms. The molecule has 3 aromatic rings. The van der Waals surface area contributed by atoms with E-state index >= 15 is 0 Å². The van der Waals surface area contributed by atoms with Crippen molar-refractivity contribution in [3.8, 4) is 5.75 Å². The smallest absolute Gasteiger partial charge is 0.328 e. The van der Waals surface area contributed by atoms with Crippen LogP contribution in [0.1, 0.15) is 57.9 Å². The van der Waals surface area contributed by atoms with Gasteiger partial charge in [0.15, 0.2) is 0 Å². The molecule has 0 saturated heterocycles. The van der Waals surface area contributed by atoms with Crippen molar-refractivity contribution in [3.05, 3.63) is 87.6 Å². The van der Waals surface area contributed by atoms with Crippen LogP contribution in [0.3, 0.4) is 0 Å². The number of fused-ring (bicyclic) bond motifs is 1. The van der Waals surface area contributed by atoms with Crippen LogP contribution in [0.15, 0.2) is 54.6 Å². The molecule has 0 radical (unpaired) electrons. The van der Waals surface area contributed by atoms with E-state index in [1.54, 1.807) is 6.07 Å². The number of rotatable bonds is 10. The Morgan fingerprint density at radius 2 is 1.95 bits per heavy atom. The summed E-state index contributed by atoms with van der Waals surface area (Å²) in [6.07, 6.45) is 5.28. The van der Waals surface area contributed by atoms with Crippen molar-refractivity contribution >= 4 is 29.3 Å². The monoisotopic (exact) mass is 533 g/mol. The lowest BCUT2D eigenvalue weighted by Gasteiger charge is -2.19. The van der Waals surface area contributed by atoms with Gasteiger partial charge in [-0.2, -0.15) is 0 Å². The Kier molecular flexibility index (Phi) is 8.13. The van der Waals surface area contributed by atoms with Gasteiger partial charge in [-0.15, -0.1) is 0 Å². The summed E-state index contributed by atoms with van der Waals surface area (Å²) >= 11 is 6.38. The number of benzene rings is 2. The molecule has 1 saturated carbocycles. The summed E-state index contributed by atoms with van der Waals surface area (Å²) in [4.78, 5) is 30.4. The molecular formula is C30H32ClN3O4. The molecule has 1 aliphatic carbocycles. The molecule has 2 aliphatic rings. The van der Waals surface area contributed by atoms with Gasteiger partial charge in [-0.05, 0) is 72.6 Å². The van der Waals surface area contributed by atoms with Crippen LogP contribution in [-0.2, 0) is 28.8 Å². The highest BCUT2D eigenvalue weighted by atomic mass is 35.5. The number of hydrogen-bond donors (Lipinski definition) is 2. The Bertz CT molecular complexity index is 1310. The molecule has 198 valence electrons. The topological polar surface area (TPSA) is 89.6 Å². The number of esters is 1. The molecule has 5 rings (SSSR count). The summed E-state index contributed by atoms with van der Waals surface area (Å²) in [7, 11) is 1.32. The number of amides is 1. The zero-order chi connectivity index (χ0) is 26.5. The molecule has 0 spiro atoms. The largest absolute Gasteiger partial charge is 0.493 e. The Balaban J connectivity index is 1.18. The Labute approximate surface area is 227 Å². The number of pyridine rings is 1. The van der Waals surface area contributed by atoms with Crippen molar-refractivity contribution in [3.63, 3.8) is 0 Å². The zero-order valence-corrected chi connectivity index (χ0v) is 22.2. The van der Waals surface area contributed by atoms with Crippen LogP contribution in [0.25, 0.3) is 0 Å². The van der Waals surface area contributed by atoms with Gasteiger partial charge in [-0.3, -0.25) is 4.79 Å². The molecule has 1 amide bonds. The highest BCUT2D eigenvalue weighted by molar-refractivity contribution is 6.34. The Morgan fingerprint density at radius 1 is 1.13 bits per heavy atom. The van der Waals surface area contributed by atoms with Crippen LogP contribution in [0, 0.1) is 0 Å². The van der Waals surface area contributed by atoms with Crippen molar-refractivity contribution in [1.29, 1.82) is 0 Å². The lowest BCUT2D eigenvalue weighted by molar-refractivity contribution is -0.142. The van der Waals surface area contributed by atoms with Gasteiger partial charge in [0.05, 0.1) is 24.3 Å². The van der Waals surface area contributed by atoms with Crippen molar-refractivity contribution in [2.45, 2.75) is 50.5 Å². The van der Waals surface area contributed by atoms with Crippen LogP contribution in [0.5, 0.6) is 5.75 Å². The van der Waals surface area contributed by atoms with Crippen LogP contribution < -0.4 is 15.4 Å². The average molecular weight is 534 g/mol. The second-order valence-corrected chi connectivity index (χ2v) is 10.2. The number of halogens is 1. The van der Waals surface area contributed by atoms with Crippen LogP contribution in [0.2, 0.25) is 5.02 Å². The van der Waals surface area contributed by atoms with E-state index in [2.05, 4.69) is 22.8 Å². The van der Waals surface area contributed by atoms with Gasteiger partial charge in [0.25, 0.3) is 5.91 Å². The first-order valence-electron chi connectivity index (χ1n) is 13.1. The third-order valence-corrected chi connectivity index (χ3v) is 7.34. The number of carbonyl (C=O) groups excluding carboxylic acids is 2. The zero-order valence-electron chi connectivity index (χ0n) is 21.5. The first-order valence-corrected chi connectivity index (χ1v) is 13.5. The van der Waals surface area contributed by atoms with E-state index in [1.165, 1.54) is 12.7 Å². The summed E-state index contributed by atoms with van der Waals surface area (Å²) in [5.41, 5.74) is 4.51. The lowest BCUT2D eigenvalue weighted by Crippen LogP contribution is -2.43. The fourth-order valence-corrected chi connectivity index (χ4v) is 5.09. The number of hydrogen-bond acceptors (Lipinski definition) is 6. The molecule has 38 heavy (non-hydrogen) atoms. The third kappa shape index (κ3) is 6.27. The molecule has 2 N–H and O–H groups in total. The van der Waals surface area contributed by atoms with E-state index in [4.69, 9.17) is 26.1 Å². The maximum atomic E-state index is 13.2. The first-order chi connectivity index (χ1) is 18.5. The second-order valence-electron chi connectivity index (χ2n) is 9.81. The van der Waals surface area contributed by atoms with Gasteiger partial charge in [0.2, 0.25) is 0 Å². The molecule has 8 heteroatoms. The predicted molar refractivity (Wildman–Crippen MR) is 147 cm³/mol. The lowest BCUT2D eigenvalue weighted by atomic mass is 10.0. The van der Waals surface area contributed by atoms with E-state index in [9.17, 15) is 9.59 Å². The van der Waals surface area contributed by atoms with Crippen LogP contribution in [0.4, 0.5) is 5.82 Å². The number of methoxy groups -OCH3 is 1. The van der Waals surface area contributed by atoms with Gasteiger partial charge in [0, 0.05) is 25.1 Å². The van der Waals surface area contributed by atoms with Gasteiger partial charge < -0.3 is 20.1 Å². The van der Waals surface area contributed by atoms with Crippen molar-refractivity contribution in [2.75, 3.05) is 25.6 Å². The highest BCUT2D eigenvalue weighted by Crippen LogP contribution is 2.43. The quantitative estimate of drug-likeness (QED) is 0.352. The minimum atomic E-state index is -0.841. The number of aromatic nitrogens is 1. The van der Waals surface area contributed by atoms with Crippen molar-refractivity contribution in [2.24, 2.45) is 0 Å². The number of carbonyl (C=O) groups is 2. The maximum absolute atomic E-state index is 13.2. The molecular weight excluding hydrogens is 502 g/mol.